The third-order valence-corrected chi connectivity index (χ3v) is 4.38. The van der Waals surface area contributed by atoms with Gasteiger partial charge in [0.15, 0.2) is 0 Å². The number of non-ortho nitro benzene ring substituents is 1. The van der Waals surface area contributed by atoms with Gasteiger partial charge >= 0.3 is 0 Å². The van der Waals surface area contributed by atoms with E-state index in [9.17, 15) is 10.1 Å². The Morgan fingerprint density at radius 1 is 1.12 bits per heavy atom. The van der Waals surface area contributed by atoms with Crippen LogP contribution in [0.4, 0.5) is 11.6 Å². The quantitative estimate of drug-likeness (QED) is 0.525. The van der Waals surface area contributed by atoms with E-state index in [1.54, 1.807) is 30.7 Å². The van der Waals surface area contributed by atoms with Gasteiger partial charge in [0.05, 0.1) is 23.3 Å². The Morgan fingerprint density at radius 2 is 1.88 bits per heavy atom. The van der Waals surface area contributed by atoms with E-state index >= 15 is 0 Å². The monoisotopic (exact) mass is 339 g/mol. The summed E-state index contributed by atoms with van der Waals surface area (Å²) < 4.78 is 1.88. The van der Waals surface area contributed by atoms with Gasteiger partial charge in [-0.05, 0) is 12.1 Å². The molecule has 0 spiro atoms. The van der Waals surface area contributed by atoms with Crippen LogP contribution in [0.3, 0.4) is 0 Å². The second-order valence-electron chi connectivity index (χ2n) is 5.94. The predicted molar refractivity (Wildman–Crippen MR) is 92.2 cm³/mol. The van der Waals surface area contributed by atoms with Crippen LogP contribution in [0.2, 0.25) is 0 Å². The molecule has 0 aliphatic carbocycles. The highest BCUT2D eigenvalue weighted by atomic mass is 16.6. The fourth-order valence-electron chi connectivity index (χ4n) is 3.03. The van der Waals surface area contributed by atoms with E-state index < -0.39 is 0 Å². The number of nitro benzene ring substituents is 1. The molecule has 0 N–H and O–H groups in total. The zero-order valence-electron chi connectivity index (χ0n) is 13.5. The van der Waals surface area contributed by atoms with E-state index in [0.29, 0.717) is 6.67 Å². The van der Waals surface area contributed by atoms with Crippen LogP contribution in [0.1, 0.15) is 0 Å². The van der Waals surface area contributed by atoms with Crippen molar-refractivity contribution < 1.29 is 4.92 Å². The van der Waals surface area contributed by atoms with Crippen LogP contribution in [0.25, 0.3) is 10.9 Å². The molecule has 0 saturated carbocycles. The van der Waals surface area contributed by atoms with Gasteiger partial charge in [-0.3, -0.25) is 19.7 Å². The summed E-state index contributed by atoms with van der Waals surface area (Å²) in [6.45, 7) is 4.13. The lowest BCUT2D eigenvalue weighted by Gasteiger charge is -2.34. The van der Waals surface area contributed by atoms with E-state index in [1.807, 2.05) is 10.7 Å². The van der Waals surface area contributed by atoms with Gasteiger partial charge in [-0.2, -0.15) is 5.10 Å². The Bertz CT molecular complexity index is 888. The summed E-state index contributed by atoms with van der Waals surface area (Å²) in [5, 5.41) is 16.0. The molecule has 0 amide bonds. The van der Waals surface area contributed by atoms with Crippen molar-refractivity contribution in [3.63, 3.8) is 0 Å². The van der Waals surface area contributed by atoms with Gasteiger partial charge in [-0.1, -0.05) is 0 Å². The molecule has 1 saturated heterocycles. The summed E-state index contributed by atoms with van der Waals surface area (Å²) >= 11 is 0. The highest BCUT2D eigenvalue weighted by Crippen LogP contribution is 2.21. The molecule has 1 aliphatic rings. The molecule has 0 bridgehead atoms. The molecule has 2 aromatic heterocycles. The van der Waals surface area contributed by atoms with Crippen LogP contribution in [0.5, 0.6) is 0 Å². The minimum absolute atomic E-state index is 0.0866. The van der Waals surface area contributed by atoms with E-state index in [-0.39, 0.29) is 10.6 Å². The third-order valence-electron chi connectivity index (χ3n) is 4.38. The standard InChI is InChI=1S/C16H17N7O2/c24-23(25)14-2-3-15-13(10-14)11-19-22(15)12-20-6-8-21(9-7-20)16-17-4-1-5-18-16/h1-5,10-11H,6-9,12H2. The first-order chi connectivity index (χ1) is 12.2. The van der Waals surface area contributed by atoms with Crippen molar-refractivity contribution >= 4 is 22.5 Å². The molecule has 0 radical (unpaired) electrons. The maximum Gasteiger partial charge on any atom is 0.270 e. The van der Waals surface area contributed by atoms with Crippen LogP contribution in [-0.2, 0) is 6.67 Å². The minimum Gasteiger partial charge on any atom is -0.338 e. The lowest BCUT2D eigenvalue weighted by atomic mass is 10.2. The molecule has 1 aliphatic heterocycles. The Hall–Kier alpha value is -3.07. The van der Waals surface area contributed by atoms with Gasteiger partial charge in [0, 0.05) is 56.1 Å². The first-order valence-corrected chi connectivity index (χ1v) is 8.05. The average molecular weight is 339 g/mol. The van der Waals surface area contributed by atoms with E-state index in [0.717, 1.165) is 43.0 Å². The number of benzene rings is 1. The summed E-state index contributed by atoms with van der Waals surface area (Å²) in [5.41, 5.74) is 0.989. The van der Waals surface area contributed by atoms with Crippen molar-refractivity contribution in [3.8, 4) is 0 Å². The van der Waals surface area contributed by atoms with Crippen LogP contribution >= 0.6 is 0 Å². The lowest BCUT2D eigenvalue weighted by Crippen LogP contribution is -2.47. The van der Waals surface area contributed by atoms with Crippen LogP contribution < -0.4 is 4.90 Å². The number of rotatable bonds is 4. The van der Waals surface area contributed by atoms with Crippen LogP contribution in [0.15, 0.2) is 42.9 Å². The molecule has 3 heterocycles. The molecule has 0 atom stereocenters. The first-order valence-electron chi connectivity index (χ1n) is 8.05. The molecular weight excluding hydrogens is 322 g/mol. The predicted octanol–water partition coefficient (Wildman–Crippen LogP) is 1.51. The summed E-state index contributed by atoms with van der Waals surface area (Å²) in [5.74, 6) is 0.763. The fourth-order valence-corrected chi connectivity index (χ4v) is 3.03. The van der Waals surface area contributed by atoms with Crippen molar-refractivity contribution in [1.82, 2.24) is 24.6 Å². The Balaban J connectivity index is 1.43. The van der Waals surface area contributed by atoms with Gasteiger partial charge in [-0.15, -0.1) is 0 Å². The highest BCUT2D eigenvalue weighted by molar-refractivity contribution is 5.81. The second-order valence-corrected chi connectivity index (χ2v) is 5.94. The fraction of sp³-hybridized carbons (Fsp3) is 0.312. The smallest absolute Gasteiger partial charge is 0.270 e. The van der Waals surface area contributed by atoms with Crippen molar-refractivity contribution in [3.05, 3.63) is 53.0 Å². The van der Waals surface area contributed by atoms with Crippen LogP contribution in [-0.4, -0.2) is 55.8 Å². The number of hydrogen-bond donors (Lipinski definition) is 0. The van der Waals surface area contributed by atoms with Gasteiger partial charge in [0.1, 0.15) is 0 Å². The third kappa shape index (κ3) is 3.13. The molecule has 1 aromatic carbocycles. The number of fused-ring (bicyclic) bond motifs is 1. The number of anilines is 1. The lowest BCUT2D eigenvalue weighted by molar-refractivity contribution is -0.384. The van der Waals surface area contributed by atoms with Crippen molar-refractivity contribution in [2.24, 2.45) is 0 Å². The van der Waals surface area contributed by atoms with Crippen molar-refractivity contribution in [2.75, 3.05) is 31.1 Å². The first kappa shape index (κ1) is 15.5. The largest absolute Gasteiger partial charge is 0.338 e. The summed E-state index contributed by atoms with van der Waals surface area (Å²) in [6.07, 6.45) is 5.18. The molecule has 25 heavy (non-hydrogen) atoms. The zero-order chi connectivity index (χ0) is 17.2. The molecule has 0 unspecified atom stereocenters. The maximum absolute atomic E-state index is 10.9. The minimum atomic E-state index is -0.387. The second kappa shape index (κ2) is 6.44. The molecule has 128 valence electrons. The van der Waals surface area contributed by atoms with E-state index in [4.69, 9.17) is 0 Å². The number of nitrogens with zero attached hydrogens (tertiary/aromatic N) is 7. The number of hydrogen-bond acceptors (Lipinski definition) is 7. The summed E-state index contributed by atoms with van der Waals surface area (Å²) in [4.78, 5) is 23.5. The zero-order valence-corrected chi connectivity index (χ0v) is 13.5. The van der Waals surface area contributed by atoms with Gasteiger partial charge in [0.25, 0.3) is 5.69 Å². The molecule has 3 aromatic rings. The Morgan fingerprint density at radius 3 is 2.60 bits per heavy atom. The van der Waals surface area contributed by atoms with Gasteiger partial charge in [0.2, 0.25) is 5.95 Å². The van der Waals surface area contributed by atoms with E-state index in [1.165, 1.54) is 6.07 Å². The number of nitro groups is 1. The SMILES string of the molecule is O=[N+]([O-])c1ccc2c(cnn2CN2CCN(c3ncccn3)CC2)c1. The number of aromatic nitrogens is 4. The maximum atomic E-state index is 10.9. The average Bonchev–Trinajstić information content (AvgIpc) is 3.05. The molecule has 1 fully saturated rings. The summed E-state index contributed by atoms with van der Waals surface area (Å²) in [7, 11) is 0. The molecule has 9 nitrogen and oxygen atoms in total. The van der Waals surface area contributed by atoms with Crippen molar-refractivity contribution in [2.45, 2.75) is 6.67 Å². The van der Waals surface area contributed by atoms with E-state index in [2.05, 4.69) is 24.9 Å². The highest BCUT2D eigenvalue weighted by Gasteiger charge is 2.19. The molecule has 4 rings (SSSR count). The molecule has 9 heteroatoms. The normalized spacial score (nSPS) is 15.6. The van der Waals surface area contributed by atoms with Gasteiger partial charge < -0.3 is 4.90 Å². The van der Waals surface area contributed by atoms with Crippen molar-refractivity contribution in [1.29, 1.82) is 0 Å². The molecular formula is C16H17N7O2. The Labute approximate surface area is 143 Å². The van der Waals surface area contributed by atoms with Crippen LogP contribution in [0, 0.1) is 10.1 Å². The van der Waals surface area contributed by atoms with Gasteiger partial charge in [-0.25, -0.2) is 9.97 Å². The number of piperazine rings is 1. The Kier molecular flexibility index (Phi) is 3.98. The topological polar surface area (TPSA) is 93.2 Å². The summed E-state index contributed by atoms with van der Waals surface area (Å²) in [6, 6.07) is 6.65.